The normalized spacial score (nSPS) is 14.6. The maximum Gasteiger partial charge on any atom is 0.152 e. The van der Waals surface area contributed by atoms with E-state index in [1.807, 2.05) is 0 Å². The second kappa shape index (κ2) is 8.28. The van der Waals surface area contributed by atoms with Crippen LogP contribution < -0.4 is 0 Å². The molecule has 0 aromatic carbocycles. The molecule has 0 saturated carbocycles. The highest BCUT2D eigenvalue weighted by Crippen LogP contribution is 2.08. The van der Waals surface area contributed by atoms with Gasteiger partial charge in [0.05, 0.1) is 0 Å². The lowest BCUT2D eigenvalue weighted by molar-refractivity contribution is -0.561. The molecule has 0 radical (unpaired) electrons. The fourth-order valence-electron chi connectivity index (χ4n) is 1.82. The molecule has 0 spiro atoms. The molecule has 0 aromatic heterocycles. The van der Waals surface area contributed by atoms with Crippen LogP contribution in [0.1, 0.15) is 59.8 Å². The summed E-state index contributed by atoms with van der Waals surface area (Å²) in [5.74, 6) is 0. The minimum absolute atomic E-state index is 0.782. The third-order valence-electron chi connectivity index (χ3n) is 2.61. The predicted octanol–water partition coefficient (Wildman–Crippen LogP) is 3.47. The molecule has 0 aliphatic carbocycles. The van der Waals surface area contributed by atoms with Gasteiger partial charge < -0.3 is 0 Å². The quantitative estimate of drug-likeness (QED) is 0.421. The average Bonchev–Trinajstić information content (AvgIpc) is 2.17. The van der Waals surface area contributed by atoms with Gasteiger partial charge in [0.1, 0.15) is 12.8 Å². The molecule has 0 amide bonds. The van der Waals surface area contributed by atoms with Crippen molar-refractivity contribution in [3.63, 3.8) is 0 Å². The zero-order valence-corrected chi connectivity index (χ0v) is 9.84. The fourth-order valence-corrected chi connectivity index (χ4v) is 1.82. The first-order valence-electron chi connectivity index (χ1n) is 5.89. The summed E-state index contributed by atoms with van der Waals surface area (Å²) in [5.41, 5.74) is 0. The summed E-state index contributed by atoms with van der Waals surface area (Å²) in [6.07, 6.45) is 8.84. The van der Waals surface area contributed by atoms with Crippen LogP contribution in [0.4, 0.5) is 0 Å². The highest BCUT2D eigenvalue weighted by Gasteiger charge is 2.15. The van der Waals surface area contributed by atoms with E-state index in [2.05, 4.69) is 38.5 Å². The van der Waals surface area contributed by atoms with Crippen LogP contribution in [0.15, 0.2) is 0 Å². The van der Waals surface area contributed by atoms with E-state index in [1.54, 1.807) is 0 Å². The molecule has 1 nitrogen and oxygen atoms in total. The first-order valence-corrected chi connectivity index (χ1v) is 5.89. The Morgan fingerprint density at radius 1 is 1.15 bits per heavy atom. The molecular weight excluding hydrogens is 158 g/mol. The predicted molar refractivity (Wildman–Crippen MR) is 60.8 cm³/mol. The van der Waals surface area contributed by atoms with Gasteiger partial charge in [0.15, 0.2) is 6.04 Å². The maximum absolute atomic E-state index is 2.51. The summed E-state index contributed by atoms with van der Waals surface area (Å²) in [7, 11) is 0. The highest BCUT2D eigenvalue weighted by atomic mass is 15.0. The van der Waals surface area contributed by atoms with Gasteiger partial charge in [-0.25, -0.2) is 4.58 Å². The largest absolute Gasteiger partial charge is 0.237 e. The monoisotopic (exact) mass is 184 g/mol. The van der Waals surface area contributed by atoms with Crippen molar-refractivity contribution in [3.05, 3.63) is 0 Å². The molecule has 0 fully saturated rings. The van der Waals surface area contributed by atoms with E-state index in [9.17, 15) is 0 Å². The van der Waals surface area contributed by atoms with E-state index in [-0.39, 0.29) is 0 Å². The van der Waals surface area contributed by atoms with Gasteiger partial charge in [-0.3, -0.25) is 0 Å². The van der Waals surface area contributed by atoms with Crippen molar-refractivity contribution < 1.29 is 4.58 Å². The van der Waals surface area contributed by atoms with E-state index in [1.165, 1.54) is 25.7 Å². The van der Waals surface area contributed by atoms with Crippen molar-refractivity contribution in [2.24, 2.45) is 0 Å². The van der Waals surface area contributed by atoms with Gasteiger partial charge in [-0.15, -0.1) is 0 Å². The average molecular weight is 184 g/mol. The van der Waals surface area contributed by atoms with Crippen molar-refractivity contribution >= 4 is 6.21 Å². The van der Waals surface area contributed by atoms with E-state index < -0.39 is 0 Å². The Labute approximate surface area is 83.9 Å². The zero-order valence-electron chi connectivity index (χ0n) is 9.84. The Morgan fingerprint density at radius 2 is 1.85 bits per heavy atom. The van der Waals surface area contributed by atoms with Gasteiger partial charge in [0.2, 0.25) is 0 Å². The van der Waals surface area contributed by atoms with Gasteiger partial charge in [0.25, 0.3) is 0 Å². The first kappa shape index (κ1) is 12.7. The lowest BCUT2D eigenvalue weighted by Crippen LogP contribution is -2.26. The third-order valence-corrected chi connectivity index (χ3v) is 2.61. The molecule has 0 rings (SSSR count). The van der Waals surface area contributed by atoms with Gasteiger partial charge in [-0.2, -0.15) is 0 Å². The third kappa shape index (κ3) is 5.07. The fraction of sp³-hybridized carbons (Fsp3) is 0.917. The molecule has 0 N–H and O–H groups in total. The lowest BCUT2D eigenvalue weighted by Gasteiger charge is -2.12. The summed E-state index contributed by atoms with van der Waals surface area (Å²) in [6.45, 7) is 10.2. The van der Waals surface area contributed by atoms with Crippen LogP contribution in [0.25, 0.3) is 0 Å². The Balaban J connectivity index is 4.08. The summed E-state index contributed by atoms with van der Waals surface area (Å²) in [5, 5.41) is 0. The molecule has 0 heterocycles. The van der Waals surface area contributed by atoms with Gasteiger partial charge >= 0.3 is 0 Å². The van der Waals surface area contributed by atoms with Crippen LogP contribution in [-0.4, -0.2) is 23.4 Å². The summed E-state index contributed by atoms with van der Waals surface area (Å²) >= 11 is 0. The van der Waals surface area contributed by atoms with E-state index in [0.717, 1.165) is 19.0 Å². The standard InChI is InChI=1S/C12H26N/c1-5-9-10-12(7-3)13(8-4)11-6-2/h11-12H,5-10H2,1-4H3/q+1. The topological polar surface area (TPSA) is 3.01 Å². The number of hydrogen-bond donors (Lipinski definition) is 0. The maximum atomic E-state index is 2.51. The van der Waals surface area contributed by atoms with E-state index >= 15 is 0 Å². The SMILES string of the molecule is CCC=[N+](CC)C(CC)CCCC. The smallest absolute Gasteiger partial charge is 0.152 e. The van der Waals surface area contributed by atoms with Crippen molar-refractivity contribution in [3.8, 4) is 0 Å². The second-order valence-corrected chi connectivity index (χ2v) is 3.63. The molecule has 78 valence electrons. The summed E-state index contributed by atoms with van der Waals surface area (Å²) < 4.78 is 2.51. The lowest BCUT2D eigenvalue weighted by atomic mass is 10.1. The van der Waals surface area contributed by atoms with Crippen LogP contribution >= 0.6 is 0 Å². The highest BCUT2D eigenvalue weighted by molar-refractivity contribution is 5.50. The molecular formula is C12H26N+. The van der Waals surface area contributed by atoms with Crippen molar-refractivity contribution in [1.29, 1.82) is 0 Å². The molecule has 1 unspecified atom stereocenters. The van der Waals surface area contributed by atoms with Crippen molar-refractivity contribution in [1.82, 2.24) is 0 Å². The van der Waals surface area contributed by atoms with Gasteiger partial charge in [0, 0.05) is 19.3 Å². The van der Waals surface area contributed by atoms with Crippen LogP contribution in [0, 0.1) is 0 Å². The Hall–Kier alpha value is -0.330. The molecule has 0 aliphatic heterocycles. The Bertz CT molecular complexity index is 138. The molecule has 0 aromatic rings. The molecule has 13 heavy (non-hydrogen) atoms. The molecule has 0 aliphatic rings. The second-order valence-electron chi connectivity index (χ2n) is 3.63. The minimum atomic E-state index is 0.782. The molecule has 0 saturated heterocycles. The Morgan fingerprint density at radius 3 is 2.23 bits per heavy atom. The number of rotatable bonds is 7. The van der Waals surface area contributed by atoms with Crippen molar-refractivity contribution in [2.75, 3.05) is 6.54 Å². The van der Waals surface area contributed by atoms with E-state index in [4.69, 9.17) is 0 Å². The van der Waals surface area contributed by atoms with Crippen LogP contribution in [0.5, 0.6) is 0 Å². The Kier molecular flexibility index (Phi) is 8.07. The molecule has 1 heteroatoms. The van der Waals surface area contributed by atoms with Crippen molar-refractivity contribution in [2.45, 2.75) is 65.8 Å². The number of unbranched alkanes of at least 4 members (excludes halogenated alkanes) is 1. The first-order chi connectivity index (χ1) is 6.29. The number of nitrogens with zero attached hydrogens (tertiary/aromatic N) is 1. The van der Waals surface area contributed by atoms with Crippen LogP contribution in [0.2, 0.25) is 0 Å². The zero-order chi connectivity index (χ0) is 10.1. The summed E-state index contributed by atoms with van der Waals surface area (Å²) in [4.78, 5) is 0. The molecule has 0 bridgehead atoms. The minimum Gasteiger partial charge on any atom is -0.237 e. The van der Waals surface area contributed by atoms with E-state index in [0.29, 0.717) is 0 Å². The van der Waals surface area contributed by atoms with Crippen LogP contribution in [0.3, 0.4) is 0 Å². The van der Waals surface area contributed by atoms with Gasteiger partial charge in [-0.05, 0) is 13.3 Å². The number of hydrogen-bond acceptors (Lipinski definition) is 0. The van der Waals surface area contributed by atoms with Gasteiger partial charge in [-0.1, -0.05) is 27.2 Å². The molecule has 1 atom stereocenters. The van der Waals surface area contributed by atoms with Crippen LogP contribution in [-0.2, 0) is 0 Å². The summed E-state index contributed by atoms with van der Waals surface area (Å²) in [6, 6.07) is 0.782.